The molecule has 55 valence electrons. The van der Waals surface area contributed by atoms with Gasteiger partial charge in [-0.15, -0.1) is 0 Å². The minimum atomic E-state index is -0.335. The van der Waals surface area contributed by atoms with Gasteiger partial charge in [-0.25, -0.2) is 0 Å². The molecular weight excluding hydrogens is 403 g/mol. The number of hydrogen-bond donors (Lipinski definition) is 1. The monoisotopic (exact) mass is 413 g/mol. The average molecular weight is 412 g/mol. The largest absolute Gasteiger partial charge is 0.372 e. The van der Waals surface area contributed by atoms with Crippen molar-refractivity contribution in [2.24, 2.45) is 0 Å². The van der Waals surface area contributed by atoms with Crippen molar-refractivity contribution in [1.29, 1.82) is 0 Å². The maximum atomic E-state index is 10.3. The zero-order chi connectivity index (χ0) is 6.78. The van der Waals surface area contributed by atoms with Crippen LogP contribution >= 0.6 is 22.6 Å². The van der Waals surface area contributed by atoms with Crippen molar-refractivity contribution in [3.8, 4) is 0 Å². The second-order valence-electron chi connectivity index (χ2n) is 2.28. The number of amides is 1. The van der Waals surface area contributed by atoms with Gasteiger partial charge in [0.1, 0.15) is 0 Å². The van der Waals surface area contributed by atoms with Crippen LogP contribution < -0.4 is 5.32 Å². The number of carbonyl (C=O) groups excluding carboxylic acids is 1. The van der Waals surface area contributed by atoms with Crippen LogP contribution in [0.4, 0.5) is 4.79 Å². The first-order valence-electron chi connectivity index (χ1n) is 2.25. The van der Waals surface area contributed by atoms with Gasteiger partial charge in [0.05, 0.1) is 0 Å². The van der Waals surface area contributed by atoms with E-state index in [1.807, 2.05) is 13.8 Å². The standard InChI is InChI=1S/C5H9INO.Re/c1-5(2,3)7-4(6)8;/h1H2,2-3H3,(H,7,8);/q-1;. The van der Waals surface area contributed by atoms with Gasteiger partial charge in [0.25, 0.3) is 3.91 Å². The number of rotatable bonds is 1. The maximum Gasteiger partial charge on any atom is 0.278 e. The molecule has 0 aromatic carbocycles. The fourth-order valence-electron chi connectivity index (χ4n) is 0.266. The summed E-state index contributed by atoms with van der Waals surface area (Å²) in [5.41, 5.74) is -0.335. The average Bonchev–Trinajstić information content (AvgIpc) is 1.21. The fraction of sp³-hybridized carbons (Fsp3) is 0.600. The topological polar surface area (TPSA) is 29.1 Å². The molecule has 0 saturated heterocycles. The molecular formula is C5H9INORe-. The molecule has 0 atom stereocenters. The van der Waals surface area contributed by atoms with Gasteiger partial charge in [0.15, 0.2) is 0 Å². The van der Waals surface area contributed by atoms with Gasteiger partial charge in [-0.2, -0.15) is 0 Å². The van der Waals surface area contributed by atoms with E-state index in [0.29, 0.717) is 0 Å². The number of carbonyl (C=O) groups is 1. The van der Waals surface area contributed by atoms with E-state index in [2.05, 4.69) is 12.2 Å². The summed E-state index contributed by atoms with van der Waals surface area (Å²) in [6.07, 6.45) is 0. The SMILES string of the molecule is [CH2-]C(C)(C)NC(=O)I.[Re]. The van der Waals surface area contributed by atoms with Gasteiger partial charge in [-0.1, -0.05) is 19.4 Å². The van der Waals surface area contributed by atoms with E-state index < -0.39 is 0 Å². The van der Waals surface area contributed by atoms with Crippen LogP contribution in [0.25, 0.3) is 0 Å². The molecule has 4 heteroatoms. The fourth-order valence-corrected chi connectivity index (χ4v) is 0.996. The van der Waals surface area contributed by atoms with Crippen LogP contribution in [-0.2, 0) is 20.4 Å². The molecule has 0 fully saturated rings. The first-order chi connectivity index (χ1) is 3.42. The molecule has 0 aliphatic rings. The molecule has 1 amide bonds. The van der Waals surface area contributed by atoms with Crippen LogP contribution in [-0.4, -0.2) is 9.45 Å². The summed E-state index contributed by atoms with van der Waals surface area (Å²) in [6, 6.07) is 0. The maximum absolute atomic E-state index is 10.3. The Morgan fingerprint density at radius 1 is 1.67 bits per heavy atom. The molecule has 2 nitrogen and oxygen atoms in total. The van der Waals surface area contributed by atoms with E-state index in [9.17, 15) is 4.79 Å². The summed E-state index contributed by atoms with van der Waals surface area (Å²) in [7, 11) is 0. The van der Waals surface area contributed by atoms with Crippen LogP contribution in [0, 0.1) is 6.92 Å². The van der Waals surface area contributed by atoms with Crippen molar-refractivity contribution in [3.63, 3.8) is 0 Å². The molecule has 0 aliphatic heterocycles. The molecule has 0 heterocycles. The summed E-state index contributed by atoms with van der Waals surface area (Å²) in [6.45, 7) is 7.35. The Morgan fingerprint density at radius 2 is 2.00 bits per heavy atom. The summed E-state index contributed by atoms with van der Waals surface area (Å²) in [4.78, 5) is 10.3. The molecule has 0 bridgehead atoms. The zero-order valence-electron chi connectivity index (χ0n) is 5.37. The third kappa shape index (κ3) is 12.1. The van der Waals surface area contributed by atoms with Gasteiger partial charge >= 0.3 is 0 Å². The summed E-state index contributed by atoms with van der Waals surface area (Å²) in [5.74, 6) is 0. The molecule has 1 radical (unpaired) electrons. The summed E-state index contributed by atoms with van der Waals surface area (Å²) < 4.78 is -0.0670. The molecule has 0 aromatic rings. The Hall–Kier alpha value is 0.862. The van der Waals surface area contributed by atoms with Gasteiger partial charge in [-0.3, -0.25) is 4.79 Å². The van der Waals surface area contributed by atoms with Gasteiger partial charge in [-0.05, 0) is 0 Å². The molecule has 0 aliphatic carbocycles. The van der Waals surface area contributed by atoms with Crippen LogP contribution in [0.5, 0.6) is 0 Å². The number of nitrogens with one attached hydrogen (secondary N) is 1. The van der Waals surface area contributed by atoms with Crippen molar-refractivity contribution < 1.29 is 25.2 Å². The third-order valence-electron chi connectivity index (χ3n) is 0.437. The molecule has 0 rings (SSSR count). The first kappa shape index (κ1) is 12.5. The second kappa shape index (κ2) is 4.64. The van der Waals surface area contributed by atoms with E-state index in [4.69, 9.17) is 0 Å². The van der Waals surface area contributed by atoms with Gasteiger partial charge < -0.3 is 12.2 Å². The molecule has 9 heavy (non-hydrogen) atoms. The van der Waals surface area contributed by atoms with Gasteiger partial charge in [0, 0.05) is 43.0 Å². The van der Waals surface area contributed by atoms with Crippen molar-refractivity contribution in [2.75, 3.05) is 0 Å². The quantitative estimate of drug-likeness (QED) is 0.303. The van der Waals surface area contributed by atoms with Crippen LogP contribution in [0.1, 0.15) is 13.8 Å². The van der Waals surface area contributed by atoms with Crippen molar-refractivity contribution >= 4 is 26.5 Å². The Labute approximate surface area is 83.0 Å². The smallest absolute Gasteiger partial charge is 0.278 e. The van der Waals surface area contributed by atoms with E-state index in [0.717, 1.165) is 0 Å². The molecule has 0 aromatic heterocycles. The van der Waals surface area contributed by atoms with E-state index in [1.54, 1.807) is 22.6 Å². The zero-order valence-corrected chi connectivity index (χ0v) is 10.2. The Bertz CT molecular complexity index is 99.6. The Kier molecular flexibility index (Phi) is 6.46. The van der Waals surface area contributed by atoms with Crippen LogP contribution in [0.2, 0.25) is 0 Å². The molecule has 0 unspecified atom stereocenters. The Morgan fingerprint density at radius 3 is 2.00 bits per heavy atom. The molecule has 0 saturated carbocycles. The van der Waals surface area contributed by atoms with Crippen LogP contribution in [0.15, 0.2) is 0 Å². The third-order valence-corrected chi connectivity index (χ3v) is 0.706. The molecule has 1 N–H and O–H groups in total. The number of halogens is 1. The van der Waals surface area contributed by atoms with Crippen LogP contribution in [0.3, 0.4) is 0 Å². The summed E-state index contributed by atoms with van der Waals surface area (Å²) >= 11 is 1.68. The van der Waals surface area contributed by atoms with E-state index in [-0.39, 0.29) is 29.9 Å². The normalized spacial score (nSPS) is 9.78. The number of hydrogen-bond acceptors (Lipinski definition) is 1. The second-order valence-corrected chi connectivity index (χ2v) is 3.26. The van der Waals surface area contributed by atoms with E-state index >= 15 is 0 Å². The minimum absolute atomic E-state index is 0. The first-order valence-corrected chi connectivity index (χ1v) is 3.33. The summed E-state index contributed by atoms with van der Waals surface area (Å²) in [5, 5.41) is 2.62. The Balaban J connectivity index is 0. The van der Waals surface area contributed by atoms with Crippen molar-refractivity contribution in [2.45, 2.75) is 19.4 Å². The predicted molar refractivity (Wildman–Crippen MR) is 42.0 cm³/mol. The van der Waals surface area contributed by atoms with Crippen molar-refractivity contribution in [1.82, 2.24) is 5.32 Å². The van der Waals surface area contributed by atoms with Crippen molar-refractivity contribution in [3.05, 3.63) is 6.92 Å². The molecule has 0 spiro atoms. The van der Waals surface area contributed by atoms with E-state index in [1.165, 1.54) is 0 Å². The van der Waals surface area contributed by atoms with Gasteiger partial charge in [0.2, 0.25) is 0 Å². The minimum Gasteiger partial charge on any atom is -0.372 e. The predicted octanol–water partition coefficient (Wildman–Crippen LogP) is 1.74.